The Morgan fingerprint density at radius 3 is 2.92 bits per heavy atom. The molecule has 2 aliphatic rings. The van der Waals surface area contributed by atoms with E-state index in [4.69, 9.17) is 9.47 Å². The smallest absolute Gasteiger partial charge is 0.256 e. The van der Waals surface area contributed by atoms with Crippen LogP contribution in [0.25, 0.3) is 0 Å². The summed E-state index contributed by atoms with van der Waals surface area (Å²) in [5.41, 5.74) is 2.97. The molecule has 0 fully saturated rings. The summed E-state index contributed by atoms with van der Waals surface area (Å²) in [6, 6.07) is 5.75. The van der Waals surface area contributed by atoms with Gasteiger partial charge in [-0.2, -0.15) is 0 Å². The Morgan fingerprint density at radius 1 is 1.31 bits per heavy atom. The van der Waals surface area contributed by atoms with Gasteiger partial charge in [-0.05, 0) is 43.7 Å². The van der Waals surface area contributed by atoms with Crippen molar-refractivity contribution in [3.05, 3.63) is 39.8 Å². The summed E-state index contributed by atoms with van der Waals surface area (Å²) < 4.78 is 11.0. The van der Waals surface area contributed by atoms with Crippen LogP contribution in [0.3, 0.4) is 0 Å². The van der Waals surface area contributed by atoms with Crippen molar-refractivity contribution in [2.45, 2.75) is 26.1 Å². The summed E-state index contributed by atoms with van der Waals surface area (Å²) in [6.07, 6.45) is 0.645. The molecule has 1 amide bonds. The molecule has 26 heavy (non-hydrogen) atoms. The average Bonchev–Trinajstić information content (AvgIpc) is 3.00. The summed E-state index contributed by atoms with van der Waals surface area (Å²) in [5, 5.41) is 7.54. The zero-order valence-corrected chi connectivity index (χ0v) is 16.0. The number of hydrogen-bond acceptors (Lipinski definition) is 6. The number of ether oxygens (including phenoxy) is 2. The molecule has 0 bridgehead atoms. The van der Waals surface area contributed by atoms with Gasteiger partial charge in [0.05, 0.1) is 19.3 Å². The minimum Gasteiger partial charge on any atom is -0.493 e. The van der Waals surface area contributed by atoms with Crippen LogP contribution < -0.4 is 20.1 Å². The van der Waals surface area contributed by atoms with Crippen molar-refractivity contribution in [1.29, 1.82) is 0 Å². The second-order valence-electron chi connectivity index (χ2n) is 6.59. The second-order valence-corrected chi connectivity index (χ2v) is 7.69. The third-order valence-electron chi connectivity index (χ3n) is 4.85. The molecule has 4 rings (SSSR count). The van der Waals surface area contributed by atoms with Crippen molar-refractivity contribution in [3.8, 4) is 11.5 Å². The van der Waals surface area contributed by atoms with Gasteiger partial charge in [0, 0.05) is 18.0 Å². The molecular formula is C19H23N3O3S. The van der Waals surface area contributed by atoms with E-state index >= 15 is 0 Å². The van der Waals surface area contributed by atoms with Gasteiger partial charge in [-0.3, -0.25) is 4.79 Å². The number of rotatable bonds is 4. The topological polar surface area (TPSA) is 62.8 Å². The first-order chi connectivity index (χ1) is 12.6. The van der Waals surface area contributed by atoms with Gasteiger partial charge in [0.15, 0.2) is 11.5 Å². The molecule has 6 nitrogen and oxygen atoms in total. The van der Waals surface area contributed by atoms with Crippen LogP contribution in [0.2, 0.25) is 0 Å². The van der Waals surface area contributed by atoms with Gasteiger partial charge in [-0.15, -0.1) is 11.3 Å². The highest BCUT2D eigenvalue weighted by atomic mass is 32.1. The van der Waals surface area contributed by atoms with Crippen LogP contribution >= 0.6 is 11.3 Å². The van der Waals surface area contributed by atoms with Crippen molar-refractivity contribution in [2.75, 3.05) is 32.6 Å². The van der Waals surface area contributed by atoms with Crippen molar-refractivity contribution >= 4 is 22.2 Å². The molecule has 138 valence electrons. The molecule has 3 heterocycles. The third-order valence-corrected chi connectivity index (χ3v) is 5.99. The fourth-order valence-corrected chi connectivity index (χ4v) is 4.90. The molecule has 2 aromatic rings. The molecule has 0 aliphatic carbocycles. The number of carbonyl (C=O) groups is 1. The Kier molecular flexibility index (Phi) is 4.50. The molecule has 1 aromatic carbocycles. The van der Waals surface area contributed by atoms with E-state index in [0.717, 1.165) is 35.6 Å². The largest absolute Gasteiger partial charge is 0.493 e. The summed E-state index contributed by atoms with van der Waals surface area (Å²) in [6.45, 7) is 4.41. The Balaban J connectivity index is 1.64. The Labute approximate surface area is 157 Å². The minimum absolute atomic E-state index is 0.00125. The SMILES string of the molecule is CCOc1ccc(C2NC(=O)c3c(sc4c3CCN(C)C4)N2)cc1OC. The molecule has 1 unspecified atom stereocenters. The van der Waals surface area contributed by atoms with Crippen LogP contribution in [-0.2, 0) is 13.0 Å². The van der Waals surface area contributed by atoms with Crippen LogP contribution in [-0.4, -0.2) is 38.1 Å². The number of fused-ring (bicyclic) bond motifs is 3. The van der Waals surface area contributed by atoms with E-state index in [9.17, 15) is 4.79 Å². The number of benzene rings is 1. The lowest BCUT2D eigenvalue weighted by atomic mass is 10.0. The van der Waals surface area contributed by atoms with Crippen LogP contribution in [0.4, 0.5) is 5.00 Å². The molecule has 0 radical (unpaired) electrons. The van der Waals surface area contributed by atoms with Crippen LogP contribution in [0.15, 0.2) is 18.2 Å². The fraction of sp³-hybridized carbons (Fsp3) is 0.421. The third kappa shape index (κ3) is 2.91. The van der Waals surface area contributed by atoms with Crippen molar-refractivity contribution < 1.29 is 14.3 Å². The van der Waals surface area contributed by atoms with E-state index in [1.54, 1.807) is 18.4 Å². The van der Waals surface area contributed by atoms with Crippen molar-refractivity contribution in [2.24, 2.45) is 0 Å². The molecular weight excluding hydrogens is 350 g/mol. The maximum atomic E-state index is 12.8. The maximum Gasteiger partial charge on any atom is 0.256 e. The number of nitrogens with one attached hydrogen (secondary N) is 2. The number of carbonyl (C=O) groups excluding carboxylic acids is 1. The summed E-state index contributed by atoms with van der Waals surface area (Å²) >= 11 is 1.70. The van der Waals surface area contributed by atoms with Crippen LogP contribution in [0, 0.1) is 0 Å². The fourth-order valence-electron chi connectivity index (χ4n) is 3.55. The van der Waals surface area contributed by atoms with Gasteiger partial charge in [0.1, 0.15) is 11.2 Å². The lowest BCUT2D eigenvalue weighted by molar-refractivity contribution is 0.0935. The monoisotopic (exact) mass is 373 g/mol. The molecule has 1 atom stereocenters. The van der Waals surface area contributed by atoms with Crippen molar-refractivity contribution in [3.63, 3.8) is 0 Å². The molecule has 0 spiro atoms. The number of likely N-dealkylation sites (N-methyl/N-ethyl adjacent to an activating group) is 1. The first-order valence-electron chi connectivity index (χ1n) is 8.82. The summed E-state index contributed by atoms with van der Waals surface area (Å²) in [4.78, 5) is 16.4. The zero-order chi connectivity index (χ0) is 18.3. The van der Waals surface area contributed by atoms with Crippen LogP contribution in [0.1, 0.15) is 39.5 Å². The van der Waals surface area contributed by atoms with E-state index in [0.29, 0.717) is 18.1 Å². The van der Waals surface area contributed by atoms with Crippen LogP contribution in [0.5, 0.6) is 11.5 Å². The predicted octanol–water partition coefficient (Wildman–Crippen LogP) is 3.00. The lowest BCUT2D eigenvalue weighted by Gasteiger charge is -2.27. The second kappa shape index (κ2) is 6.81. The highest BCUT2D eigenvalue weighted by Gasteiger charge is 2.33. The van der Waals surface area contributed by atoms with E-state index in [1.165, 1.54) is 10.4 Å². The quantitative estimate of drug-likeness (QED) is 0.863. The Morgan fingerprint density at radius 2 is 2.15 bits per heavy atom. The Bertz CT molecular complexity index is 849. The summed E-state index contributed by atoms with van der Waals surface area (Å²) in [7, 11) is 3.74. The highest BCUT2D eigenvalue weighted by Crippen LogP contribution is 2.41. The average molecular weight is 373 g/mol. The number of thiophene rings is 1. The predicted molar refractivity (Wildman–Crippen MR) is 102 cm³/mol. The van der Waals surface area contributed by atoms with Gasteiger partial charge >= 0.3 is 0 Å². The Hall–Kier alpha value is -2.25. The summed E-state index contributed by atoms with van der Waals surface area (Å²) in [5.74, 6) is 1.37. The molecule has 0 saturated carbocycles. The molecule has 2 N–H and O–H groups in total. The molecule has 0 saturated heterocycles. The number of methoxy groups -OCH3 is 1. The van der Waals surface area contributed by atoms with E-state index in [-0.39, 0.29) is 12.1 Å². The number of hydrogen-bond donors (Lipinski definition) is 2. The number of amides is 1. The standard InChI is InChI=1S/C19H23N3O3S/c1-4-25-13-6-5-11(9-14(13)24-3)17-20-18(23)16-12-7-8-22(2)10-15(12)26-19(16)21-17/h5-6,9,17,21H,4,7-8,10H2,1-3H3,(H,20,23). The molecule has 1 aromatic heterocycles. The van der Waals surface area contributed by atoms with Gasteiger partial charge in [0.25, 0.3) is 5.91 Å². The van der Waals surface area contributed by atoms with Gasteiger partial charge in [-0.1, -0.05) is 6.07 Å². The first-order valence-corrected chi connectivity index (χ1v) is 9.63. The van der Waals surface area contributed by atoms with Gasteiger partial charge < -0.3 is 25.0 Å². The zero-order valence-electron chi connectivity index (χ0n) is 15.2. The van der Waals surface area contributed by atoms with E-state index < -0.39 is 0 Å². The molecule has 2 aliphatic heterocycles. The van der Waals surface area contributed by atoms with Gasteiger partial charge in [0.2, 0.25) is 0 Å². The minimum atomic E-state index is -0.280. The number of anilines is 1. The lowest BCUT2D eigenvalue weighted by Crippen LogP contribution is -2.38. The normalized spacial score (nSPS) is 19.2. The van der Waals surface area contributed by atoms with E-state index in [1.807, 2.05) is 25.1 Å². The highest BCUT2D eigenvalue weighted by molar-refractivity contribution is 7.16. The maximum absolute atomic E-state index is 12.8. The van der Waals surface area contributed by atoms with Crippen molar-refractivity contribution in [1.82, 2.24) is 10.2 Å². The van der Waals surface area contributed by atoms with E-state index in [2.05, 4.69) is 22.6 Å². The molecule has 7 heteroatoms. The first kappa shape index (κ1) is 17.2. The van der Waals surface area contributed by atoms with Gasteiger partial charge in [-0.25, -0.2) is 0 Å². The number of nitrogens with zero attached hydrogens (tertiary/aromatic N) is 1.